The van der Waals surface area contributed by atoms with Crippen LogP contribution in [-0.4, -0.2) is 44.9 Å². The molecule has 0 bridgehead atoms. The van der Waals surface area contributed by atoms with E-state index in [9.17, 15) is 13.2 Å². The predicted molar refractivity (Wildman–Crippen MR) is 108 cm³/mol. The van der Waals surface area contributed by atoms with E-state index >= 15 is 0 Å². The third kappa shape index (κ3) is 3.52. The van der Waals surface area contributed by atoms with Gasteiger partial charge in [0.1, 0.15) is 0 Å². The fraction of sp³-hybridized carbons (Fsp3) is 0.190. The van der Waals surface area contributed by atoms with Crippen molar-refractivity contribution < 1.29 is 17.9 Å². The zero-order valence-electron chi connectivity index (χ0n) is 15.2. The van der Waals surface area contributed by atoms with E-state index in [1.54, 1.807) is 48.5 Å². The molecule has 1 aliphatic heterocycles. The monoisotopic (exact) mass is 396 g/mol. The number of nitrogens with zero attached hydrogens (tertiary/aromatic N) is 1. The fourth-order valence-electron chi connectivity index (χ4n) is 3.32. The highest BCUT2D eigenvalue weighted by Crippen LogP contribution is 2.31. The fourth-order valence-corrected chi connectivity index (χ4v) is 4.92. The summed E-state index contributed by atoms with van der Waals surface area (Å²) in [5.41, 5.74) is 1.11. The number of morpholine rings is 1. The molecule has 0 aromatic heterocycles. The average molecular weight is 396 g/mol. The molecule has 1 N–H and O–H groups in total. The van der Waals surface area contributed by atoms with E-state index in [2.05, 4.69) is 5.32 Å². The van der Waals surface area contributed by atoms with Crippen molar-refractivity contribution in [2.45, 2.75) is 4.90 Å². The maximum absolute atomic E-state index is 13.1. The molecule has 144 valence electrons. The second-order valence-corrected chi connectivity index (χ2v) is 8.40. The third-order valence-electron chi connectivity index (χ3n) is 4.76. The van der Waals surface area contributed by atoms with Gasteiger partial charge in [0.2, 0.25) is 10.0 Å². The van der Waals surface area contributed by atoms with Crippen LogP contribution >= 0.6 is 0 Å². The lowest BCUT2D eigenvalue weighted by Gasteiger charge is -2.26. The van der Waals surface area contributed by atoms with E-state index in [0.717, 1.165) is 0 Å². The van der Waals surface area contributed by atoms with E-state index in [0.29, 0.717) is 48.3 Å². The third-order valence-corrected chi connectivity index (χ3v) is 6.71. The Bertz CT molecular complexity index is 1110. The molecule has 1 heterocycles. The number of carbonyl (C=O) groups excluding carboxylic acids is 1. The zero-order valence-corrected chi connectivity index (χ0v) is 16.0. The van der Waals surface area contributed by atoms with Crippen LogP contribution in [0, 0.1) is 0 Å². The molecular weight excluding hydrogens is 376 g/mol. The summed E-state index contributed by atoms with van der Waals surface area (Å²) in [5.74, 6) is -0.241. The van der Waals surface area contributed by atoms with Gasteiger partial charge in [-0.2, -0.15) is 4.31 Å². The first-order valence-electron chi connectivity index (χ1n) is 9.03. The quantitative estimate of drug-likeness (QED) is 0.735. The maximum Gasteiger partial charge on any atom is 0.255 e. The van der Waals surface area contributed by atoms with Crippen LogP contribution in [0.2, 0.25) is 0 Å². The smallest absolute Gasteiger partial charge is 0.255 e. The van der Waals surface area contributed by atoms with Gasteiger partial charge in [-0.3, -0.25) is 4.79 Å². The Balaban J connectivity index is 1.74. The van der Waals surface area contributed by atoms with Crippen LogP contribution in [0.1, 0.15) is 10.4 Å². The minimum absolute atomic E-state index is 0.239. The molecule has 1 saturated heterocycles. The number of hydrogen-bond acceptors (Lipinski definition) is 4. The summed E-state index contributed by atoms with van der Waals surface area (Å²) in [6.07, 6.45) is 0. The zero-order chi connectivity index (χ0) is 19.6. The van der Waals surface area contributed by atoms with Gasteiger partial charge in [0.05, 0.1) is 18.1 Å². The van der Waals surface area contributed by atoms with Crippen molar-refractivity contribution in [2.75, 3.05) is 31.6 Å². The van der Waals surface area contributed by atoms with Crippen molar-refractivity contribution in [1.29, 1.82) is 0 Å². The van der Waals surface area contributed by atoms with Crippen molar-refractivity contribution >= 4 is 32.4 Å². The average Bonchev–Trinajstić information content (AvgIpc) is 2.75. The Kier molecular flexibility index (Phi) is 5.13. The molecule has 0 spiro atoms. The molecule has 0 unspecified atom stereocenters. The summed E-state index contributed by atoms with van der Waals surface area (Å²) in [6, 6.07) is 19.3. The number of benzene rings is 3. The first-order valence-corrected chi connectivity index (χ1v) is 10.5. The predicted octanol–water partition coefficient (Wildman–Crippen LogP) is 3.11. The van der Waals surface area contributed by atoms with Gasteiger partial charge in [-0.15, -0.1) is 0 Å². The van der Waals surface area contributed by atoms with Gasteiger partial charge >= 0.3 is 0 Å². The Morgan fingerprint density at radius 2 is 1.50 bits per heavy atom. The first-order chi connectivity index (χ1) is 13.6. The molecule has 0 saturated carbocycles. The van der Waals surface area contributed by atoms with Gasteiger partial charge in [0.15, 0.2) is 0 Å². The molecule has 7 heteroatoms. The Morgan fingerprint density at radius 3 is 2.21 bits per heavy atom. The summed E-state index contributed by atoms with van der Waals surface area (Å²) in [5, 5.41) is 4.16. The second-order valence-electron chi connectivity index (χ2n) is 6.49. The number of rotatable bonds is 4. The highest BCUT2D eigenvalue weighted by atomic mass is 32.2. The molecule has 1 aliphatic rings. The number of hydrogen-bond donors (Lipinski definition) is 1. The van der Waals surface area contributed by atoms with Gasteiger partial charge in [-0.25, -0.2) is 8.42 Å². The van der Waals surface area contributed by atoms with Crippen LogP contribution in [0.25, 0.3) is 10.8 Å². The first kappa shape index (κ1) is 18.6. The molecule has 1 fully saturated rings. The van der Waals surface area contributed by atoms with Crippen molar-refractivity contribution in [3.05, 3.63) is 72.3 Å². The van der Waals surface area contributed by atoms with Gasteiger partial charge in [0.25, 0.3) is 5.91 Å². The molecule has 3 aromatic rings. The van der Waals surface area contributed by atoms with Gasteiger partial charge < -0.3 is 10.1 Å². The second kappa shape index (κ2) is 7.71. The molecule has 28 heavy (non-hydrogen) atoms. The lowest BCUT2D eigenvalue weighted by molar-refractivity contribution is 0.0730. The summed E-state index contributed by atoms with van der Waals surface area (Å²) < 4.78 is 33.0. The van der Waals surface area contributed by atoms with E-state index in [1.165, 1.54) is 4.31 Å². The molecule has 0 atom stereocenters. The molecular formula is C21H20N2O4S. The number of fused-ring (bicyclic) bond motifs is 1. The minimum Gasteiger partial charge on any atom is -0.379 e. The summed E-state index contributed by atoms with van der Waals surface area (Å²) in [4.78, 5) is 12.8. The lowest BCUT2D eigenvalue weighted by atomic mass is 10.1. The Hall–Kier alpha value is -2.74. The Morgan fingerprint density at radius 1 is 0.857 bits per heavy atom. The minimum atomic E-state index is -3.65. The van der Waals surface area contributed by atoms with Crippen molar-refractivity contribution in [1.82, 2.24) is 4.31 Å². The highest BCUT2D eigenvalue weighted by Gasteiger charge is 2.28. The SMILES string of the molecule is O=C(Nc1ccc(S(=O)(=O)N2CCOCC2)c2ccccc12)c1ccccc1. The number of ether oxygens (including phenoxy) is 1. The normalized spacial score (nSPS) is 15.4. The van der Waals surface area contributed by atoms with E-state index < -0.39 is 10.0 Å². The molecule has 4 rings (SSSR count). The molecule has 3 aromatic carbocycles. The highest BCUT2D eigenvalue weighted by molar-refractivity contribution is 7.89. The van der Waals surface area contributed by atoms with Gasteiger partial charge in [-0.05, 0) is 24.3 Å². The summed E-state index contributed by atoms with van der Waals surface area (Å²) in [6.45, 7) is 1.46. The van der Waals surface area contributed by atoms with Crippen molar-refractivity contribution in [2.24, 2.45) is 0 Å². The Labute approximate surface area is 163 Å². The van der Waals surface area contributed by atoms with E-state index in [1.807, 2.05) is 18.2 Å². The van der Waals surface area contributed by atoms with Gasteiger partial charge in [0, 0.05) is 35.1 Å². The van der Waals surface area contributed by atoms with Crippen LogP contribution in [-0.2, 0) is 14.8 Å². The maximum atomic E-state index is 13.1. The van der Waals surface area contributed by atoms with Crippen LogP contribution in [0.4, 0.5) is 5.69 Å². The van der Waals surface area contributed by atoms with Crippen LogP contribution in [0.5, 0.6) is 0 Å². The van der Waals surface area contributed by atoms with Gasteiger partial charge in [-0.1, -0.05) is 42.5 Å². The molecule has 0 radical (unpaired) electrons. The van der Waals surface area contributed by atoms with Crippen LogP contribution < -0.4 is 5.32 Å². The summed E-state index contributed by atoms with van der Waals surface area (Å²) >= 11 is 0. The van der Waals surface area contributed by atoms with E-state index in [4.69, 9.17) is 4.74 Å². The number of nitrogens with one attached hydrogen (secondary N) is 1. The largest absolute Gasteiger partial charge is 0.379 e. The molecule has 1 amide bonds. The van der Waals surface area contributed by atoms with E-state index in [-0.39, 0.29) is 10.8 Å². The van der Waals surface area contributed by atoms with Crippen LogP contribution in [0.15, 0.2) is 71.6 Å². The number of anilines is 1. The number of amides is 1. The standard InChI is InChI=1S/C21H20N2O4S/c24-21(16-6-2-1-3-7-16)22-19-10-11-20(18-9-5-4-8-17(18)19)28(25,26)23-12-14-27-15-13-23/h1-11H,12-15H2,(H,22,24). The molecule has 0 aliphatic carbocycles. The number of sulfonamides is 1. The lowest BCUT2D eigenvalue weighted by Crippen LogP contribution is -2.40. The van der Waals surface area contributed by atoms with Crippen molar-refractivity contribution in [3.8, 4) is 0 Å². The summed E-state index contributed by atoms with van der Waals surface area (Å²) in [7, 11) is -3.65. The topological polar surface area (TPSA) is 75.7 Å². The number of carbonyl (C=O) groups is 1. The molecule has 6 nitrogen and oxygen atoms in total. The van der Waals surface area contributed by atoms with Crippen molar-refractivity contribution in [3.63, 3.8) is 0 Å². The van der Waals surface area contributed by atoms with Crippen LogP contribution in [0.3, 0.4) is 0 Å².